The van der Waals surface area contributed by atoms with Gasteiger partial charge in [-0.25, -0.2) is 13.1 Å². The Kier molecular flexibility index (Phi) is 5.56. The number of hydrogen-bond donors (Lipinski definition) is 2. The third-order valence-electron chi connectivity index (χ3n) is 2.98. The van der Waals surface area contributed by atoms with Gasteiger partial charge in [0.2, 0.25) is 10.0 Å². The highest BCUT2D eigenvalue weighted by Gasteiger charge is 2.22. The molecule has 2 aromatic heterocycles. The van der Waals surface area contributed by atoms with Gasteiger partial charge in [0.25, 0.3) is 0 Å². The van der Waals surface area contributed by atoms with E-state index in [9.17, 15) is 8.42 Å². The highest BCUT2D eigenvalue weighted by Crippen LogP contribution is 2.27. The van der Waals surface area contributed by atoms with E-state index in [1.807, 2.05) is 43.0 Å². The molecule has 0 bridgehead atoms. The van der Waals surface area contributed by atoms with Crippen LogP contribution in [0.1, 0.15) is 29.9 Å². The van der Waals surface area contributed by atoms with Crippen LogP contribution in [0.5, 0.6) is 0 Å². The number of sulfonamides is 1. The van der Waals surface area contributed by atoms with Crippen LogP contribution in [0.3, 0.4) is 0 Å². The molecule has 0 aliphatic rings. The van der Waals surface area contributed by atoms with Gasteiger partial charge in [-0.1, -0.05) is 13.8 Å². The number of hydrogen-bond acceptors (Lipinski definition) is 5. The van der Waals surface area contributed by atoms with Crippen LogP contribution in [0.2, 0.25) is 0 Å². The molecule has 0 radical (unpaired) electrons. The summed E-state index contributed by atoms with van der Waals surface area (Å²) in [6, 6.07) is 2.25. The molecule has 0 spiro atoms. The Morgan fingerprint density at radius 3 is 2.62 bits per heavy atom. The summed E-state index contributed by atoms with van der Waals surface area (Å²) in [5.74, 6) is 0. The lowest BCUT2D eigenvalue weighted by Gasteiger charge is -2.11. The predicted octanol–water partition coefficient (Wildman–Crippen LogP) is 3.09. The Morgan fingerprint density at radius 2 is 2.00 bits per heavy atom. The Morgan fingerprint density at radius 1 is 1.24 bits per heavy atom. The maximum Gasteiger partial charge on any atom is 0.242 e. The maximum atomic E-state index is 12.5. The highest BCUT2D eigenvalue weighted by atomic mass is 32.2. The first-order valence-electron chi connectivity index (χ1n) is 6.71. The summed E-state index contributed by atoms with van der Waals surface area (Å²) < 4.78 is 27.8. The average Bonchev–Trinajstić information content (AvgIpc) is 3.03. The molecule has 2 N–H and O–H groups in total. The number of aryl methyl sites for hydroxylation is 1. The van der Waals surface area contributed by atoms with Gasteiger partial charge in [-0.3, -0.25) is 0 Å². The molecule has 116 valence electrons. The SMILES string of the molecule is Cc1csc(CNC(C)C)c1S(=O)(=O)NCc1ccsc1. The molecule has 2 aromatic rings. The molecular weight excluding hydrogens is 324 g/mol. The molecule has 0 aliphatic heterocycles. The molecule has 0 unspecified atom stereocenters. The molecular formula is C14H20N2O2S3. The molecule has 0 saturated carbocycles. The summed E-state index contributed by atoms with van der Waals surface area (Å²) in [4.78, 5) is 1.29. The lowest BCUT2D eigenvalue weighted by Crippen LogP contribution is -2.26. The maximum absolute atomic E-state index is 12.5. The second-order valence-electron chi connectivity index (χ2n) is 5.16. The minimum Gasteiger partial charge on any atom is -0.310 e. The standard InChI is InChI=1S/C14H20N2O2S3/c1-10(2)15-7-13-14(11(3)8-20-13)21(17,18)16-6-12-4-5-19-9-12/h4-5,8-10,15-16H,6-7H2,1-3H3. The third-order valence-corrected chi connectivity index (χ3v) is 6.57. The molecule has 0 fully saturated rings. The van der Waals surface area contributed by atoms with Gasteiger partial charge in [0.15, 0.2) is 0 Å². The van der Waals surface area contributed by atoms with E-state index in [2.05, 4.69) is 10.0 Å². The van der Waals surface area contributed by atoms with Crippen molar-refractivity contribution in [1.29, 1.82) is 0 Å². The van der Waals surface area contributed by atoms with E-state index in [0.717, 1.165) is 16.0 Å². The molecule has 0 atom stereocenters. The van der Waals surface area contributed by atoms with Crippen molar-refractivity contribution >= 4 is 32.7 Å². The summed E-state index contributed by atoms with van der Waals surface area (Å²) in [7, 11) is -3.48. The first-order valence-corrected chi connectivity index (χ1v) is 10.0. The fraction of sp³-hybridized carbons (Fsp3) is 0.429. The fourth-order valence-electron chi connectivity index (χ4n) is 1.91. The van der Waals surface area contributed by atoms with Crippen molar-refractivity contribution in [3.8, 4) is 0 Å². The van der Waals surface area contributed by atoms with Crippen LogP contribution in [-0.4, -0.2) is 14.5 Å². The van der Waals surface area contributed by atoms with Crippen molar-refractivity contribution in [1.82, 2.24) is 10.0 Å². The lowest BCUT2D eigenvalue weighted by molar-refractivity contribution is 0.571. The van der Waals surface area contributed by atoms with E-state index in [1.54, 1.807) is 11.3 Å². The van der Waals surface area contributed by atoms with Crippen LogP contribution in [0.15, 0.2) is 27.1 Å². The molecule has 2 heterocycles. The molecule has 0 saturated heterocycles. The molecule has 2 rings (SSSR count). The van der Waals surface area contributed by atoms with E-state index >= 15 is 0 Å². The zero-order valence-electron chi connectivity index (χ0n) is 12.3. The minimum atomic E-state index is -3.48. The van der Waals surface area contributed by atoms with Gasteiger partial charge < -0.3 is 5.32 Å². The molecule has 4 nitrogen and oxygen atoms in total. The largest absolute Gasteiger partial charge is 0.310 e. The van der Waals surface area contributed by atoms with Crippen molar-refractivity contribution in [2.75, 3.05) is 0 Å². The summed E-state index contributed by atoms with van der Waals surface area (Å²) >= 11 is 3.05. The fourth-order valence-corrected chi connectivity index (χ4v) is 5.35. The number of thiophene rings is 2. The van der Waals surface area contributed by atoms with Crippen LogP contribution < -0.4 is 10.0 Å². The van der Waals surface area contributed by atoms with E-state index in [4.69, 9.17) is 0 Å². The molecule has 7 heteroatoms. The van der Waals surface area contributed by atoms with Gasteiger partial charge in [-0.15, -0.1) is 11.3 Å². The van der Waals surface area contributed by atoms with Crippen LogP contribution >= 0.6 is 22.7 Å². The van der Waals surface area contributed by atoms with Gasteiger partial charge >= 0.3 is 0 Å². The van der Waals surface area contributed by atoms with Gasteiger partial charge in [0.05, 0.1) is 0 Å². The highest BCUT2D eigenvalue weighted by molar-refractivity contribution is 7.89. The third kappa shape index (κ3) is 4.37. The van der Waals surface area contributed by atoms with Gasteiger partial charge in [-0.2, -0.15) is 11.3 Å². The lowest BCUT2D eigenvalue weighted by atomic mass is 10.3. The second kappa shape index (κ2) is 7.02. The summed E-state index contributed by atoms with van der Waals surface area (Å²) in [6.07, 6.45) is 0. The average molecular weight is 345 g/mol. The Labute approximate surface area is 134 Å². The first kappa shape index (κ1) is 16.6. The molecule has 0 aliphatic carbocycles. The van der Waals surface area contributed by atoms with E-state index < -0.39 is 10.0 Å². The molecule has 0 aromatic carbocycles. The minimum absolute atomic E-state index is 0.321. The normalized spacial score (nSPS) is 12.2. The quantitative estimate of drug-likeness (QED) is 0.811. The Balaban J connectivity index is 2.16. The van der Waals surface area contributed by atoms with Crippen molar-refractivity contribution in [2.45, 2.75) is 44.8 Å². The van der Waals surface area contributed by atoms with E-state index in [0.29, 0.717) is 24.0 Å². The topological polar surface area (TPSA) is 58.2 Å². The number of rotatable bonds is 7. The summed E-state index contributed by atoms with van der Waals surface area (Å²) in [5, 5.41) is 9.07. The zero-order chi connectivity index (χ0) is 15.5. The van der Waals surface area contributed by atoms with Crippen molar-refractivity contribution in [2.24, 2.45) is 0 Å². The molecule has 21 heavy (non-hydrogen) atoms. The first-order chi connectivity index (χ1) is 9.90. The van der Waals surface area contributed by atoms with Crippen LogP contribution in [0.4, 0.5) is 0 Å². The Bertz CT molecular complexity index is 673. The van der Waals surface area contributed by atoms with E-state index in [-0.39, 0.29) is 0 Å². The van der Waals surface area contributed by atoms with Gasteiger partial charge in [0, 0.05) is 24.0 Å². The van der Waals surface area contributed by atoms with Gasteiger partial charge in [-0.05, 0) is 40.3 Å². The van der Waals surface area contributed by atoms with Crippen molar-refractivity contribution in [3.05, 3.63) is 38.2 Å². The van der Waals surface area contributed by atoms with E-state index in [1.165, 1.54) is 11.3 Å². The predicted molar refractivity (Wildman–Crippen MR) is 89.4 cm³/mol. The van der Waals surface area contributed by atoms with Crippen LogP contribution in [-0.2, 0) is 23.1 Å². The van der Waals surface area contributed by atoms with Crippen molar-refractivity contribution in [3.63, 3.8) is 0 Å². The monoisotopic (exact) mass is 344 g/mol. The van der Waals surface area contributed by atoms with Crippen LogP contribution in [0, 0.1) is 6.92 Å². The summed E-state index contributed by atoms with van der Waals surface area (Å²) in [6.45, 7) is 6.84. The van der Waals surface area contributed by atoms with Gasteiger partial charge in [0.1, 0.15) is 4.90 Å². The Hall–Kier alpha value is -0.730. The summed E-state index contributed by atoms with van der Waals surface area (Å²) in [5.41, 5.74) is 1.79. The van der Waals surface area contributed by atoms with Crippen molar-refractivity contribution < 1.29 is 8.42 Å². The second-order valence-corrected chi connectivity index (χ2v) is 8.61. The zero-order valence-corrected chi connectivity index (χ0v) is 14.8. The van der Waals surface area contributed by atoms with Crippen LogP contribution in [0.25, 0.3) is 0 Å². The molecule has 0 amide bonds. The smallest absolute Gasteiger partial charge is 0.242 e. The number of nitrogens with one attached hydrogen (secondary N) is 2.